The highest BCUT2D eigenvalue weighted by Gasteiger charge is 2.30. The summed E-state index contributed by atoms with van der Waals surface area (Å²) < 4.78 is 67.8. The third-order valence-corrected chi connectivity index (χ3v) is 16.4. The Hall–Kier alpha value is -1.94. The molecule has 0 aliphatic rings. The monoisotopic (exact) mass is 1210 g/mol. The van der Waals surface area contributed by atoms with E-state index < -0.39 is 97.5 Å². The number of hydrogen-bond donors (Lipinski definition) is 3. The van der Waals surface area contributed by atoms with Gasteiger partial charge in [0, 0.05) is 25.7 Å². The summed E-state index contributed by atoms with van der Waals surface area (Å²) >= 11 is 0. The van der Waals surface area contributed by atoms with Crippen molar-refractivity contribution in [3.8, 4) is 0 Å². The zero-order chi connectivity index (χ0) is 60.6. The minimum atomic E-state index is -4.94. The van der Waals surface area contributed by atoms with Crippen molar-refractivity contribution < 1.29 is 80.2 Å². The third-order valence-electron chi connectivity index (χ3n) is 14.5. The van der Waals surface area contributed by atoms with Crippen LogP contribution in [0.25, 0.3) is 0 Å². The van der Waals surface area contributed by atoms with E-state index in [9.17, 15) is 43.2 Å². The van der Waals surface area contributed by atoms with Gasteiger partial charge < -0.3 is 33.8 Å². The van der Waals surface area contributed by atoms with Gasteiger partial charge in [-0.2, -0.15) is 0 Å². The lowest BCUT2D eigenvalue weighted by Gasteiger charge is -2.21. The van der Waals surface area contributed by atoms with Crippen molar-refractivity contribution in [2.24, 2.45) is 5.92 Å². The van der Waals surface area contributed by atoms with Gasteiger partial charge in [0.05, 0.1) is 26.4 Å². The number of phosphoric ester groups is 2. The second-order valence-electron chi connectivity index (χ2n) is 23.3. The molecule has 0 aliphatic heterocycles. The predicted molar refractivity (Wildman–Crippen MR) is 326 cm³/mol. The van der Waals surface area contributed by atoms with Crippen LogP contribution in [0.15, 0.2) is 0 Å². The highest BCUT2D eigenvalue weighted by atomic mass is 31.2. The van der Waals surface area contributed by atoms with E-state index in [0.29, 0.717) is 25.7 Å². The Bertz CT molecular complexity index is 1600. The molecule has 0 spiro atoms. The first-order valence-corrected chi connectivity index (χ1v) is 36.1. The number of carbonyl (C=O) groups is 4. The van der Waals surface area contributed by atoms with Crippen LogP contribution >= 0.6 is 15.6 Å². The van der Waals surface area contributed by atoms with Crippen molar-refractivity contribution in [1.29, 1.82) is 0 Å². The van der Waals surface area contributed by atoms with Gasteiger partial charge in [0.2, 0.25) is 0 Å². The first-order chi connectivity index (χ1) is 39.5. The Morgan fingerprint density at radius 2 is 0.561 bits per heavy atom. The molecule has 0 amide bonds. The maximum Gasteiger partial charge on any atom is 0.472 e. The van der Waals surface area contributed by atoms with E-state index in [1.165, 1.54) is 135 Å². The molecule has 0 aliphatic carbocycles. The van der Waals surface area contributed by atoms with Crippen LogP contribution in [-0.4, -0.2) is 96.7 Å². The number of ether oxygens (including phenoxy) is 4. The first-order valence-electron chi connectivity index (χ1n) is 33.1. The molecule has 0 aromatic heterocycles. The third kappa shape index (κ3) is 57.2. The zero-order valence-electron chi connectivity index (χ0n) is 52.6. The molecule has 0 bridgehead atoms. The smallest absolute Gasteiger partial charge is 0.462 e. The molecule has 0 heterocycles. The minimum absolute atomic E-state index is 0.106. The number of hydrogen-bond acceptors (Lipinski definition) is 15. The lowest BCUT2D eigenvalue weighted by Crippen LogP contribution is -2.30. The summed E-state index contributed by atoms with van der Waals surface area (Å²) in [6.07, 6.45) is 40.5. The fraction of sp³-hybridized carbons (Fsp3) is 0.937. The minimum Gasteiger partial charge on any atom is -0.462 e. The summed E-state index contributed by atoms with van der Waals surface area (Å²) in [6.45, 7) is 7.10. The molecule has 5 atom stereocenters. The molecule has 17 nitrogen and oxygen atoms in total. The van der Waals surface area contributed by atoms with Crippen LogP contribution < -0.4 is 0 Å². The van der Waals surface area contributed by atoms with Gasteiger partial charge in [0.25, 0.3) is 0 Å². The molecule has 82 heavy (non-hydrogen) atoms. The number of aliphatic hydroxyl groups is 1. The van der Waals surface area contributed by atoms with Gasteiger partial charge in [-0.3, -0.25) is 37.3 Å². The molecular weight excluding hydrogens is 1090 g/mol. The van der Waals surface area contributed by atoms with Crippen molar-refractivity contribution in [3.63, 3.8) is 0 Å². The SMILES string of the molecule is CCCCCCCCCCCCCCC(=O)OC[C@H](COP(=O)(O)OC[C@@H](O)COP(=O)(O)OC[C@@H](COC(=O)CCCCCCC)OC(=O)CCCCCCCCCCCCCC)OC(=O)CCCCCCCCCCCCC(C)C. The number of carbonyl (C=O) groups excluding carboxylic acids is 4. The van der Waals surface area contributed by atoms with E-state index in [4.69, 9.17) is 37.0 Å². The molecule has 486 valence electrons. The fourth-order valence-electron chi connectivity index (χ4n) is 9.41. The summed E-state index contributed by atoms with van der Waals surface area (Å²) in [7, 11) is -9.88. The molecule has 2 unspecified atom stereocenters. The lowest BCUT2D eigenvalue weighted by molar-refractivity contribution is -0.161. The van der Waals surface area contributed by atoms with Crippen LogP contribution in [0.3, 0.4) is 0 Å². The van der Waals surface area contributed by atoms with Crippen molar-refractivity contribution >= 4 is 39.5 Å². The van der Waals surface area contributed by atoms with Gasteiger partial charge in [-0.05, 0) is 31.6 Å². The molecule has 0 radical (unpaired) electrons. The van der Waals surface area contributed by atoms with Crippen LogP contribution in [0.2, 0.25) is 0 Å². The van der Waals surface area contributed by atoms with Gasteiger partial charge in [-0.1, -0.05) is 266 Å². The van der Waals surface area contributed by atoms with Gasteiger partial charge in [0.1, 0.15) is 19.3 Å². The molecule has 19 heteroatoms. The summed E-state index contributed by atoms with van der Waals surface area (Å²) in [6, 6.07) is 0. The number of esters is 4. The van der Waals surface area contributed by atoms with E-state index in [1.54, 1.807) is 0 Å². The fourth-order valence-corrected chi connectivity index (χ4v) is 11.0. The second kappa shape index (κ2) is 56.8. The zero-order valence-corrected chi connectivity index (χ0v) is 54.4. The van der Waals surface area contributed by atoms with Crippen molar-refractivity contribution in [3.05, 3.63) is 0 Å². The Morgan fingerprint density at radius 3 is 0.829 bits per heavy atom. The van der Waals surface area contributed by atoms with Gasteiger partial charge in [-0.15, -0.1) is 0 Å². The summed E-state index contributed by atoms with van der Waals surface area (Å²) in [5.41, 5.74) is 0. The Kier molecular flexibility index (Phi) is 55.5. The van der Waals surface area contributed by atoms with Gasteiger partial charge in [0.15, 0.2) is 12.2 Å². The van der Waals surface area contributed by atoms with Gasteiger partial charge in [-0.25, -0.2) is 9.13 Å². The maximum absolute atomic E-state index is 13.0. The van der Waals surface area contributed by atoms with Crippen LogP contribution in [0.4, 0.5) is 0 Å². The number of phosphoric acid groups is 2. The molecule has 0 fully saturated rings. The van der Waals surface area contributed by atoms with E-state index in [2.05, 4.69) is 34.6 Å². The molecule has 0 aromatic rings. The highest BCUT2D eigenvalue weighted by molar-refractivity contribution is 7.47. The molecular formula is C63H122O17P2. The number of unbranched alkanes of at least 4 members (excludes halogenated alkanes) is 35. The van der Waals surface area contributed by atoms with Crippen molar-refractivity contribution in [1.82, 2.24) is 0 Å². The Morgan fingerprint density at radius 1 is 0.329 bits per heavy atom. The molecule has 3 N–H and O–H groups in total. The summed E-state index contributed by atoms with van der Waals surface area (Å²) in [4.78, 5) is 71.9. The van der Waals surface area contributed by atoms with E-state index in [-0.39, 0.29) is 25.7 Å². The normalized spacial score (nSPS) is 14.3. The lowest BCUT2D eigenvalue weighted by atomic mass is 10.0. The quantitative estimate of drug-likeness (QED) is 0.0222. The molecule has 0 rings (SSSR count). The molecule has 0 aromatic carbocycles. The molecule has 0 saturated heterocycles. The highest BCUT2D eigenvalue weighted by Crippen LogP contribution is 2.45. The van der Waals surface area contributed by atoms with Crippen molar-refractivity contribution in [2.45, 2.75) is 335 Å². The summed E-state index contributed by atoms with van der Waals surface area (Å²) in [5, 5.41) is 10.5. The average molecular weight is 1210 g/mol. The standard InChI is InChI=1S/C63H122O17P2/c1-6-9-12-15-17-19-21-23-28-32-37-42-47-61(66)74-53-59(80-63(68)49-44-39-34-30-26-25-27-31-36-40-45-56(4)5)55-78-82(71,72)76-51-57(64)50-75-81(69,70)77-54-58(52-73-60(65)46-41-35-14-11-8-3)79-62(67)48-43-38-33-29-24-22-20-18-16-13-10-7-2/h56-59,64H,6-55H2,1-5H3,(H,69,70)(H,71,72)/t57-,58+,59+/m0/s1. The number of rotatable bonds is 63. The van der Waals surface area contributed by atoms with E-state index in [1.807, 2.05) is 0 Å². The van der Waals surface area contributed by atoms with Crippen LogP contribution in [-0.2, 0) is 65.4 Å². The van der Waals surface area contributed by atoms with E-state index >= 15 is 0 Å². The Balaban J connectivity index is 5.18. The van der Waals surface area contributed by atoms with Crippen LogP contribution in [0.1, 0.15) is 317 Å². The first kappa shape index (κ1) is 80.1. The average Bonchev–Trinajstić information content (AvgIpc) is 3.45. The van der Waals surface area contributed by atoms with Crippen molar-refractivity contribution in [2.75, 3.05) is 39.6 Å². The maximum atomic E-state index is 13.0. The topological polar surface area (TPSA) is 237 Å². The number of aliphatic hydroxyl groups excluding tert-OH is 1. The largest absolute Gasteiger partial charge is 0.472 e. The summed E-state index contributed by atoms with van der Waals surface area (Å²) in [5.74, 6) is -1.39. The van der Waals surface area contributed by atoms with Crippen LogP contribution in [0.5, 0.6) is 0 Å². The molecule has 0 saturated carbocycles. The second-order valence-corrected chi connectivity index (χ2v) is 26.2. The van der Waals surface area contributed by atoms with E-state index in [0.717, 1.165) is 102 Å². The van der Waals surface area contributed by atoms with Gasteiger partial charge >= 0.3 is 39.5 Å². The Labute approximate surface area is 498 Å². The van der Waals surface area contributed by atoms with Crippen LogP contribution in [0, 0.1) is 5.92 Å². The predicted octanol–water partition coefficient (Wildman–Crippen LogP) is 17.4.